The molecule has 7 nitrogen and oxygen atoms in total. The van der Waals surface area contributed by atoms with E-state index in [1.54, 1.807) is 12.1 Å². The highest BCUT2D eigenvalue weighted by Gasteiger charge is 2.15. The number of rotatable bonds is 4. The fourth-order valence-electron chi connectivity index (χ4n) is 1.02. The second-order valence-corrected chi connectivity index (χ2v) is 2.84. The Bertz CT molecular complexity index is 336. The predicted molar refractivity (Wildman–Crippen MR) is 51.0 cm³/mol. The van der Waals surface area contributed by atoms with Crippen LogP contribution in [0, 0.1) is 0 Å². The molecule has 0 unspecified atom stereocenters. The number of furan rings is 1. The van der Waals surface area contributed by atoms with Gasteiger partial charge in [0, 0.05) is 0 Å². The topological polar surface area (TPSA) is 115 Å². The molecule has 5 N–H and O–H groups in total. The summed E-state index contributed by atoms with van der Waals surface area (Å²) >= 11 is 0. The fraction of sp³-hybridized carbons (Fsp3) is 0.250. The summed E-state index contributed by atoms with van der Waals surface area (Å²) in [5, 5.41) is 0. The van der Waals surface area contributed by atoms with Gasteiger partial charge in [-0.25, -0.2) is 10.6 Å². The smallest absolute Gasteiger partial charge is 0.315 e. The Morgan fingerprint density at radius 2 is 2.27 bits per heavy atom. The number of hydrogen-bond donors (Lipinski definition) is 3. The molecule has 0 spiro atoms. The quantitative estimate of drug-likeness (QED) is 0.342. The number of carbonyl (C=O) groups is 2. The number of hydrazine groups is 1. The van der Waals surface area contributed by atoms with E-state index < -0.39 is 11.9 Å². The highest BCUT2D eigenvalue weighted by atomic mass is 16.3. The third kappa shape index (κ3) is 3.31. The molecule has 0 aromatic carbocycles. The van der Waals surface area contributed by atoms with Crippen LogP contribution in [0.5, 0.6) is 0 Å². The summed E-state index contributed by atoms with van der Waals surface area (Å²) in [6.45, 7) is -0.0672. The maximum Gasteiger partial charge on any atom is 0.315 e. The normalized spacial score (nSPS) is 9.67. The molecular weight excluding hydrogens is 200 g/mol. The van der Waals surface area contributed by atoms with Gasteiger partial charge >= 0.3 is 6.03 Å². The van der Waals surface area contributed by atoms with Gasteiger partial charge in [-0.05, 0) is 12.1 Å². The first kappa shape index (κ1) is 11.1. The fourth-order valence-corrected chi connectivity index (χ4v) is 1.02. The Hall–Kier alpha value is -2.02. The Morgan fingerprint density at radius 1 is 1.53 bits per heavy atom. The van der Waals surface area contributed by atoms with E-state index in [0.717, 1.165) is 4.90 Å². The average molecular weight is 212 g/mol. The van der Waals surface area contributed by atoms with Crippen LogP contribution in [0.3, 0.4) is 0 Å². The largest absolute Gasteiger partial charge is 0.467 e. The number of nitrogens with zero attached hydrogens (tertiary/aromatic N) is 1. The second kappa shape index (κ2) is 5.01. The number of primary amides is 1. The molecule has 1 aromatic heterocycles. The molecule has 3 amide bonds. The maximum absolute atomic E-state index is 11.0. The lowest BCUT2D eigenvalue weighted by atomic mass is 10.4. The molecule has 0 aliphatic carbocycles. The monoisotopic (exact) mass is 212 g/mol. The van der Waals surface area contributed by atoms with Crippen molar-refractivity contribution in [3.8, 4) is 0 Å². The summed E-state index contributed by atoms with van der Waals surface area (Å²) in [6, 6.07) is 2.64. The van der Waals surface area contributed by atoms with E-state index >= 15 is 0 Å². The van der Waals surface area contributed by atoms with E-state index in [4.69, 9.17) is 16.0 Å². The van der Waals surface area contributed by atoms with E-state index in [1.807, 2.05) is 5.43 Å². The summed E-state index contributed by atoms with van der Waals surface area (Å²) in [6.07, 6.45) is 1.47. The van der Waals surface area contributed by atoms with Gasteiger partial charge in [-0.2, -0.15) is 0 Å². The molecule has 15 heavy (non-hydrogen) atoms. The van der Waals surface area contributed by atoms with Crippen LogP contribution >= 0.6 is 0 Å². The van der Waals surface area contributed by atoms with Gasteiger partial charge in [0.1, 0.15) is 12.3 Å². The zero-order chi connectivity index (χ0) is 11.3. The molecule has 0 saturated heterocycles. The van der Waals surface area contributed by atoms with Crippen molar-refractivity contribution in [2.24, 2.45) is 11.6 Å². The van der Waals surface area contributed by atoms with Crippen molar-refractivity contribution in [3.63, 3.8) is 0 Å². The SMILES string of the molecule is NNC(=O)CN(Cc1ccco1)C(N)=O. The van der Waals surface area contributed by atoms with Crippen molar-refractivity contribution in [2.45, 2.75) is 6.54 Å². The van der Waals surface area contributed by atoms with Crippen molar-refractivity contribution < 1.29 is 14.0 Å². The standard InChI is InChI=1S/C8H12N4O3/c9-8(14)12(5-7(13)11-10)4-6-2-1-3-15-6/h1-3H,4-5,10H2,(H2,9,14)(H,11,13). The molecule has 7 heteroatoms. The van der Waals surface area contributed by atoms with Crippen molar-refractivity contribution in [2.75, 3.05) is 6.54 Å². The van der Waals surface area contributed by atoms with Crippen LogP contribution in [0.25, 0.3) is 0 Å². The van der Waals surface area contributed by atoms with E-state index in [1.165, 1.54) is 6.26 Å². The van der Waals surface area contributed by atoms with Crippen molar-refractivity contribution >= 4 is 11.9 Å². The molecule has 82 valence electrons. The van der Waals surface area contributed by atoms with Gasteiger partial charge in [-0.3, -0.25) is 10.2 Å². The average Bonchev–Trinajstić information content (AvgIpc) is 2.69. The maximum atomic E-state index is 11.0. The summed E-state index contributed by atoms with van der Waals surface area (Å²) in [4.78, 5) is 23.0. The summed E-state index contributed by atoms with van der Waals surface area (Å²) < 4.78 is 5.02. The third-order valence-corrected chi connectivity index (χ3v) is 1.73. The first-order valence-electron chi connectivity index (χ1n) is 4.19. The summed E-state index contributed by atoms with van der Waals surface area (Å²) in [5.74, 6) is 4.93. The number of hydrogen-bond acceptors (Lipinski definition) is 4. The molecule has 0 radical (unpaired) electrons. The molecule has 0 bridgehead atoms. The molecule has 1 heterocycles. The van der Waals surface area contributed by atoms with Crippen LogP contribution in [-0.4, -0.2) is 23.4 Å². The van der Waals surface area contributed by atoms with Gasteiger partial charge in [-0.1, -0.05) is 0 Å². The van der Waals surface area contributed by atoms with Crippen LogP contribution in [0.4, 0.5) is 4.79 Å². The Labute approximate surface area is 86.0 Å². The van der Waals surface area contributed by atoms with Crippen LogP contribution in [-0.2, 0) is 11.3 Å². The number of nitrogens with two attached hydrogens (primary N) is 2. The Kier molecular flexibility index (Phi) is 3.69. The minimum absolute atomic E-state index is 0.135. The van der Waals surface area contributed by atoms with E-state index in [9.17, 15) is 9.59 Å². The predicted octanol–water partition coefficient (Wildman–Crippen LogP) is -0.850. The molecule has 0 aliphatic rings. The van der Waals surface area contributed by atoms with Gasteiger partial charge < -0.3 is 15.1 Å². The number of nitrogens with one attached hydrogen (secondary N) is 1. The van der Waals surface area contributed by atoms with Crippen LogP contribution in [0.15, 0.2) is 22.8 Å². The van der Waals surface area contributed by atoms with Crippen molar-refractivity contribution in [1.29, 1.82) is 0 Å². The van der Waals surface area contributed by atoms with Crippen molar-refractivity contribution in [1.82, 2.24) is 10.3 Å². The van der Waals surface area contributed by atoms with Crippen LogP contribution in [0.2, 0.25) is 0 Å². The number of urea groups is 1. The lowest BCUT2D eigenvalue weighted by molar-refractivity contribution is -0.121. The Morgan fingerprint density at radius 3 is 2.73 bits per heavy atom. The third-order valence-electron chi connectivity index (χ3n) is 1.73. The first-order valence-corrected chi connectivity index (χ1v) is 4.19. The summed E-state index contributed by atoms with van der Waals surface area (Å²) in [5.41, 5.74) is 6.99. The summed E-state index contributed by atoms with van der Waals surface area (Å²) in [7, 11) is 0. The van der Waals surface area contributed by atoms with E-state index in [0.29, 0.717) is 5.76 Å². The zero-order valence-electron chi connectivity index (χ0n) is 7.97. The highest BCUT2D eigenvalue weighted by Crippen LogP contribution is 2.04. The molecule has 0 fully saturated rings. The minimum atomic E-state index is -0.713. The van der Waals surface area contributed by atoms with Gasteiger partial charge in [0.25, 0.3) is 5.91 Å². The molecule has 0 atom stereocenters. The van der Waals surface area contributed by atoms with Crippen LogP contribution in [0.1, 0.15) is 5.76 Å². The molecule has 0 saturated carbocycles. The molecule has 1 rings (SSSR count). The zero-order valence-corrected chi connectivity index (χ0v) is 7.97. The van der Waals surface area contributed by atoms with Gasteiger partial charge in [0.2, 0.25) is 0 Å². The number of carbonyl (C=O) groups excluding carboxylic acids is 2. The second-order valence-electron chi connectivity index (χ2n) is 2.84. The van der Waals surface area contributed by atoms with Gasteiger partial charge in [0.05, 0.1) is 12.8 Å². The highest BCUT2D eigenvalue weighted by molar-refractivity contribution is 5.82. The minimum Gasteiger partial charge on any atom is -0.467 e. The number of amides is 3. The van der Waals surface area contributed by atoms with E-state index in [-0.39, 0.29) is 13.1 Å². The van der Waals surface area contributed by atoms with Gasteiger partial charge in [-0.15, -0.1) is 0 Å². The van der Waals surface area contributed by atoms with Crippen LogP contribution < -0.4 is 17.0 Å². The lowest BCUT2D eigenvalue weighted by Crippen LogP contribution is -2.44. The molecular formula is C8H12N4O3. The van der Waals surface area contributed by atoms with Gasteiger partial charge in [0.15, 0.2) is 0 Å². The first-order chi connectivity index (χ1) is 7.13. The van der Waals surface area contributed by atoms with E-state index in [2.05, 4.69) is 0 Å². The molecule has 1 aromatic rings. The molecule has 0 aliphatic heterocycles. The lowest BCUT2D eigenvalue weighted by Gasteiger charge is -2.17. The van der Waals surface area contributed by atoms with Crippen molar-refractivity contribution in [3.05, 3.63) is 24.2 Å². The Balaban J connectivity index is 2.59.